The van der Waals surface area contributed by atoms with Crippen molar-refractivity contribution >= 4 is 47.0 Å². The largest absolute Gasteiger partial charge is 0.480 e. The first-order chi connectivity index (χ1) is 25.2. The molecule has 3 saturated heterocycles. The number of carbonyl (C=O) groups is 4. The maximum atomic E-state index is 14.2. The summed E-state index contributed by atoms with van der Waals surface area (Å²) in [6.45, 7) is 3.75. The number of aliphatic carboxylic acids is 1. The number of halogens is 4. The second-order valence-corrected chi connectivity index (χ2v) is 14.9. The van der Waals surface area contributed by atoms with Crippen molar-refractivity contribution in [3.05, 3.63) is 58.1 Å². The van der Waals surface area contributed by atoms with Gasteiger partial charge in [-0.25, -0.2) is 9.59 Å². The summed E-state index contributed by atoms with van der Waals surface area (Å²) in [5, 5.41) is 12.5. The Labute approximate surface area is 311 Å². The molecule has 2 aromatic rings. The number of rotatable bonds is 7. The molecule has 0 bridgehead atoms. The van der Waals surface area contributed by atoms with Gasteiger partial charge in [0.25, 0.3) is 5.91 Å². The molecule has 0 radical (unpaired) electrons. The van der Waals surface area contributed by atoms with E-state index in [0.29, 0.717) is 51.6 Å². The number of nitrogen functional groups attached to an aromatic ring is 1. The van der Waals surface area contributed by atoms with E-state index in [1.165, 1.54) is 11.0 Å². The van der Waals surface area contributed by atoms with E-state index in [1.807, 2.05) is 36.1 Å². The van der Waals surface area contributed by atoms with E-state index >= 15 is 0 Å². The number of carboxylic acid groups (broad SMARTS) is 1. The lowest BCUT2D eigenvalue weighted by atomic mass is 9.91. The fourth-order valence-electron chi connectivity index (χ4n) is 8.33. The van der Waals surface area contributed by atoms with Crippen LogP contribution in [0, 0.1) is 0 Å². The van der Waals surface area contributed by atoms with E-state index in [2.05, 4.69) is 5.32 Å². The van der Waals surface area contributed by atoms with Crippen molar-refractivity contribution in [2.24, 2.45) is 0 Å². The van der Waals surface area contributed by atoms with Crippen molar-refractivity contribution in [3.8, 4) is 0 Å². The molecule has 4 aliphatic rings. The number of nitrogens with zero attached hydrogens (tertiary/aromatic N) is 4. The number of alkyl halides is 3. The first-order valence-electron chi connectivity index (χ1n) is 18.3. The monoisotopic (exact) mass is 762 g/mol. The maximum Gasteiger partial charge on any atom is 0.418 e. The van der Waals surface area contributed by atoms with Crippen LogP contribution in [0.3, 0.4) is 0 Å². The van der Waals surface area contributed by atoms with E-state index < -0.39 is 47.5 Å². The molecule has 4 heterocycles. The second kappa shape index (κ2) is 16.0. The number of anilines is 2. The molecule has 2 aromatic carbocycles. The van der Waals surface area contributed by atoms with E-state index in [0.717, 1.165) is 30.2 Å². The van der Waals surface area contributed by atoms with Gasteiger partial charge in [0.05, 0.1) is 16.3 Å². The molecule has 4 atom stereocenters. The Kier molecular flexibility index (Phi) is 11.6. The van der Waals surface area contributed by atoms with Gasteiger partial charge in [-0.3, -0.25) is 14.5 Å². The van der Waals surface area contributed by atoms with E-state index in [9.17, 15) is 37.5 Å². The molecular formula is C37H46ClF3N6O6. The number of fused-ring (bicyclic) bond motifs is 1. The van der Waals surface area contributed by atoms with Crippen LogP contribution in [0.4, 0.5) is 34.1 Å². The highest BCUT2D eigenvalue weighted by molar-refractivity contribution is 6.33. The molecule has 53 heavy (non-hydrogen) atoms. The number of hydrogen-bond donors (Lipinski definition) is 3. The highest BCUT2D eigenvalue weighted by Gasteiger charge is 2.42. The van der Waals surface area contributed by atoms with Gasteiger partial charge in [0, 0.05) is 56.4 Å². The van der Waals surface area contributed by atoms with Crippen LogP contribution in [0.5, 0.6) is 0 Å². The SMILES string of the molecule is CC1CC(N2CCCC[C@H]2C(=O)O)CCN1C(=O)[C@@H](Cc1cc(Cl)c(N)c(C(F)(F)F)c1)OC(=O)N1CCC(N2CCc3ccccc3NC2=O)CC1. The van der Waals surface area contributed by atoms with E-state index in [1.54, 1.807) is 9.80 Å². The van der Waals surface area contributed by atoms with Crippen molar-refractivity contribution in [2.75, 3.05) is 43.8 Å². The summed E-state index contributed by atoms with van der Waals surface area (Å²) in [6, 6.07) is 8.33. The number of piperidine rings is 3. The number of hydrogen-bond acceptors (Lipinski definition) is 7. The lowest BCUT2D eigenvalue weighted by Crippen LogP contribution is -2.58. The van der Waals surface area contributed by atoms with Crippen molar-refractivity contribution in [1.29, 1.82) is 0 Å². The number of likely N-dealkylation sites (tertiary alicyclic amines) is 3. The topological polar surface area (TPSA) is 149 Å². The summed E-state index contributed by atoms with van der Waals surface area (Å²) >= 11 is 6.12. The average molecular weight is 763 g/mol. The number of nitrogens with two attached hydrogens (primary N) is 1. The molecule has 4 aliphatic heterocycles. The number of nitrogens with one attached hydrogen (secondary N) is 1. The van der Waals surface area contributed by atoms with Gasteiger partial charge in [-0.15, -0.1) is 0 Å². The van der Waals surface area contributed by atoms with Gasteiger partial charge >= 0.3 is 24.3 Å². The fourth-order valence-corrected chi connectivity index (χ4v) is 8.57. The van der Waals surface area contributed by atoms with E-state index in [4.69, 9.17) is 22.1 Å². The highest BCUT2D eigenvalue weighted by atomic mass is 35.5. The van der Waals surface area contributed by atoms with Crippen molar-refractivity contribution < 1.29 is 42.2 Å². The minimum absolute atomic E-state index is 0.0229. The molecule has 288 valence electrons. The number of ether oxygens (including phenoxy) is 1. The Balaban J connectivity index is 1.15. The number of benzene rings is 2. The first-order valence-corrected chi connectivity index (χ1v) is 18.6. The van der Waals surface area contributed by atoms with Gasteiger partial charge in [0.2, 0.25) is 0 Å². The molecule has 0 spiro atoms. The molecule has 4 amide bonds. The summed E-state index contributed by atoms with van der Waals surface area (Å²) < 4.78 is 47.5. The molecule has 6 rings (SSSR count). The zero-order valence-corrected chi connectivity index (χ0v) is 30.4. The number of urea groups is 1. The van der Waals surface area contributed by atoms with Gasteiger partial charge in [0.1, 0.15) is 6.04 Å². The molecule has 0 aromatic heterocycles. The lowest BCUT2D eigenvalue weighted by Gasteiger charge is -2.46. The van der Waals surface area contributed by atoms with E-state index in [-0.39, 0.29) is 60.8 Å². The number of carboxylic acids is 1. The predicted octanol–water partition coefficient (Wildman–Crippen LogP) is 5.86. The molecular weight excluding hydrogens is 717 g/mol. The standard InChI is InChI=1S/C37H46ClF3N6O6/c1-22-18-26(46-13-5-4-8-30(46)34(49)50)12-17-45(22)33(48)31(21-23-19-27(37(39,40)41)32(42)28(38)20-23)53-36(52)44-14-10-25(11-15-44)47-16-9-24-6-2-3-7-29(24)43-35(47)51/h2-3,6-7,19-20,22,25-26,30-31H,4-5,8-18,21,42H2,1H3,(H,43,51)(H,49,50)/t22?,26?,30-,31+/m0/s1. The Morgan fingerprint density at radius 3 is 2.43 bits per heavy atom. The Hall–Kier alpha value is -4.24. The smallest absolute Gasteiger partial charge is 0.418 e. The van der Waals surface area contributed by atoms with Crippen LogP contribution < -0.4 is 11.1 Å². The summed E-state index contributed by atoms with van der Waals surface area (Å²) in [6.07, 6.45) is -2.56. The zero-order chi connectivity index (χ0) is 38.0. The highest BCUT2D eigenvalue weighted by Crippen LogP contribution is 2.38. The molecule has 16 heteroatoms. The number of amides is 4. The van der Waals surface area contributed by atoms with Crippen LogP contribution in [-0.2, 0) is 33.3 Å². The van der Waals surface area contributed by atoms with Gasteiger partial charge < -0.3 is 35.6 Å². The molecule has 3 fully saturated rings. The first kappa shape index (κ1) is 38.5. The molecule has 4 N–H and O–H groups in total. The van der Waals surface area contributed by atoms with Crippen molar-refractivity contribution in [3.63, 3.8) is 0 Å². The minimum Gasteiger partial charge on any atom is -0.480 e. The third kappa shape index (κ3) is 8.61. The predicted molar refractivity (Wildman–Crippen MR) is 191 cm³/mol. The van der Waals surface area contributed by atoms with Gasteiger partial charge in [-0.1, -0.05) is 36.2 Å². The quantitative estimate of drug-likeness (QED) is 0.297. The van der Waals surface area contributed by atoms with Crippen molar-refractivity contribution in [2.45, 2.75) is 101 Å². The summed E-state index contributed by atoms with van der Waals surface area (Å²) in [4.78, 5) is 59.8. The summed E-state index contributed by atoms with van der Waals surface area (Å²) in [7, 11) is 0. The van der Waals surface area contributed by atoms with Gasteiger partial charge in [-0.05, 0) is 87.7 Å². The lowest BCUT2D eigenvalue weighted by molar-refractivity contribution is -0.150. The summed E-state index contributed by atoms with van der Waals surface area (Å²) in [5.74, 6) is -1.43. The number of carbonyl (C=O) groups excluding carboxylic acids is 3. The van der Waals surface area contributed by atoms with Crippen LogP contribution >= 0.6 is 11.6 Å². The molecule has 12 nitrogen and oxygen atoms in total. The normalized spacial score (nSPS) is 23.8. The van der Waals surface area contributed by atoms with Crippen LogP contribution in [0.25, 0.3) is 0 Å². The second-order valence-electron chi connectivity index (χ2n) is 14.5. The Morgan fingerprint density at radius 1 is 1.02 bits per heavy atom. The summed E-state index contributed by atoms with van der Waals surface area (Å²) in [5.41, 5.74) is 5.71. The van der Waals surface area contributed by atoms with Crippen LogP contribution in [0.2, 0.25) is 5.02 Å². The van der Waals surface area contributed by atoms with Crippen LogP contribution in [0.15, 0.2) is 36.4 Å². The zero-order valence-electron chi connectivity index (χ0n) is 29.6. The average Bonchev–Trinajstić information content (AvgIpc) is 3.30. The van der Waals surface area contributed by atoms with Crippen molar-refractivity contribution in [1.82, 2.24) is 19.6 Å². The minimum atomic E-state index is -4.81. The fraction of sp³-hybridized carbons (Fsp3) is 0.568. The Bertz CT molecular complexity index is 1710. The van der Waals surface area contributed by atoms with Gasteiger partial charge in [-0.2, -0.15) is 13.2 Å². The Morgan fingerprint density at radius 2 is 1.74 bits per heavy atom. The third-order valence-corrected chi connectivity index (χ3v) is 11.5. The maximum absolute atomic E-state index is 14.2. The molecule has 2 unspecified atom stereocenters. The number of para-hydroxylation sites is 1. The molecule has 0 aliphatic carbocycles. The molecule has 0 saturated carbocycles. The third-order valence-electron chi connectivity index (χ3n) is 11.2. The van der Waals surface area contributed by atoms with Gasteiger partial charge in [0.15, 0.2) is 6.10 Å². The van der Waals surface area contributed by atoms with Crippen LogP contribution in [-0.4, -0.2) is 112 Å². The van der Waals surface area contributed by atoms with Crippen LogP contribution in [0.1, 0.15) is 68.6 Å².